The van der Waals surface area contributed by atoms with Crippen LogP contribution in [0.2, 0.25) is 5.02 Å². The van der Waals surface area contributed by atoms with Crippen molar-refractivity contribution in [3.63, 3.8) is 0 Å². The van der Waals surface area contributed by atoms with Crippen molar-refractivity contribution in [1.82, 2.24) is 4.98 Å². The molecular formula is C15H17ClN2O2S. The molecule has 2 rings (SSSR count). The van der Waals surface area contributed by atoms with Gasteiger partial charge in [-0.15, -0.1) is 11.3 Å². The van der Waals surface area contributed by atoms with Crippen LogP contribution in [0.25, 0.3) is 0 Å². The molecule has 0 fully saturated rings. The highest BCUT2D eigenvalue weighted by Gasteiger charge is 2.23. The van der Waals surface area contributed by atoms with Crippen LogP contribution < -0.4 is 9.64 Å². The molecule has 0 saturated carbocycles. The van der Waals surface area contributed by atoms with Gasteiger partial charge in [-0.05, 0) is 38.5 Å². The summed E-state index contributed by atoms with van der Waals surface area (Å²) in [6.07, 6.45) is -0.640. The minimum absolute atomic E-state index is 0.165. The average molecular weight is 325 g/mol. The van der Waals surface area contributed by atoms with Crippen LogP contribution in [0.3, 0.4) is 0 Å². The first-order valence-corrected chi connectivity index (χ1v) is 7.76. The predicted octanol–water partition coefficient (Wildman–Crippen LogP) is 3.84. The molecule has 0 bridgehead atoms. The van der Waals surface area contributed by atoms with Gasteiger partial charge in [0, 0.05) is 12.4 Å². The van der Waals surface area contributed by atoms with Crippen molar-refractivity contribution in [3.8, 4) is 5.75 Å². The van der Waals surface area contributed by atoms with E-state index in [1.165, 1.54) is 16.2 Å². The van der Waals surface area contributed by atoms with Crippen molar-refractivity contribution in [2.75, 3.05) is 11.9 Å². The topological polar surface area (TPSA) is 42.4 Å². The Morgan fingerprint density at radius 3 is 2.76 bits per heavy atom. The first-order chi connectivity index (χ1) is 9.88. The van der Waals surface area contributed by atoms with Crippen molar-refractivity contribution >= 4 is 34.0 Å². The number of halogens is 1. The predicted molar refractivity (Wildman–Crippen MR) is 86.5 cm³/mol. The van der Waals surface area contributed by atoms with Gasteiger partial charge >= 0.3 is 0 Å². The minimum Gasteiger partial charge on any atom is -0.479 e. The van der Waals surface area contributed by atoms with Crippen LogP contribution in [0.4, 0.5) is 5.13 Å². The van der Waals surface area contributed by atoms with E-state index < -0.39 is 6.10 Å². The molecule has 0 unspecified atom stereocenters. The van der Waals surface area contributed by atoms with E-state index in [0.29, 0.717) is 15.9 Å². The Balaban J connectivity index is 2.10. The summed E-state index contributed by atoms with van der Waals surface area (Å²) in [7, 11) is 1.69. The van der Waals surface area contributed by atoms with Crippen LogP contribution >= 0.6 is 22.9 Å². The van der Waals surface area contributed by atoms with E-state index >= 15 is 0 Å². The number of hydrogen-bond donors (Lipinski definition) is 0. The van der Waals surface area contributed by atoms with Gasteiger partial charge in [-0.3, -0.25) is 9.69 Å². The first kappa shape index (κ1) is 15.8. The maximum atomic E-state index is 12.4. The normalized spacial score (nSPS) is 12.0. The van der Waals surface area contributed by atoms with E-state index in [9.17, 15) is 4.79 Å². The number of carbonyl (C=O) groups is 1. The molecule has 0 radical (unpaired) electrons. The van der Waals surface area contributed by atoms with Crippen molar-refractivity contribution in [1.29, 1.82) is 0 Å². The second kappa shape index (κ2) is 6.45. The van der Waals surface area contributed by atoms with Gasteiger partial charge in [0.1, 0.15) is 5.75 Å². The third kappa shape index (κ3) is 3.74. The molecular weight excluding hydrogens is 308 g/mol. The van der Waals surface area contributed by atoms with Crippen LogP contribution in [0.5, 0.6) is 5.75 Å². The second-order valence-corrected chi connectivity index (χ2v) is 6.11. The number of nitrogens with zero attached hydrogens (tertiary/aromatic N) is 2. The highest BCUT2D eigenvalue weighted by molar-refractivity contribution is 7.14. The van der Waals surface area contributed by atoms with Gasteiger partial charge in [0.15, 0.2) is 11.2 Å². The maximum Gasteiger partial charge on any atom is 0.269 e. The number of hydrogen-bond acceptors (Lipinski definition) is 4. The molecule has 1 atom stereocenters. The Morgan fingerprint density at radius 2 is 2.14 bits per heavy atom. The number of amides is 1. The molecule has 0 N–H and O–H groups in total. The number of ether oxygens (including phenoxy) is 1. The lowest BCUT2D eigenvalue weighted by atomic mass is 10.2. The van der Waals surface area contributed by atoms with Crippen LogP contribution in [0.15, 0.2) is 23.6 Å². The number of carbonyl (C=O) groups excluding carboxylic acids is 1. The highest BCUT2D eigenvalue weighted by atomic mass is 35.5. The number of rotatable bonds is 4. The lowest BCUT2D eigenvalue weighted by Gasteiger charge is -2.20. The maximum absolute atomic E-state index is 12.4. The molecule has 1 aromatic carbocycles. The summed E-state index contributed by atoms with van der Waals surface area (Å²) in [6, 6.07) is 5.48. The number of aryl methyl sites for hydroxylation is 2. The van der Waals surface area contributed by atoms with E-state index in [-0.39, 0.29) is 5.91 Å². The molecule has 6 heteroatoms. The van der Waals surface area contributed by atoms with Gasteiger partial charge in [-0.1, -0.05) is 17.7 Å². The number of thiazole rings is 1. The lowest BCUT2D eigenvalue weighted by molar-refractivity contribution is -0.124. The molecule has 0 aliphatic heterocycles. The second-order valence-electron chi connectivity index (χ2n) is 4.86. The molecule has 0 spiro atoms. The molecule has 0 saturated heterocycles. The van der Waals surface area contributed by atoms with Crippen molar-refractivity contribution in [2.24, 2.45) is 0 Å². The highest BCUT2D eigenvalue weighted by Crippen LogP contribution is 2.27. The molecule has 0 aliphatic rings. The Bertz CT molecular complexity index is 657. The smallest absolute Gasteiger partial charge is 0.269 e. The van der Waals surface area contributed by atoms with E-state index in [4.69, 9.17) is 16.3 Å². The molecule has 2 aromatic rings. The fraction of sp³-hybridized carbons (Fsp3) is 0.333. The Kier molecular flexibility index (Phi) is 4.85. The van der Waals surface area contributed by atoms with Gasteiger partial charge < -0.3 is 4.74 Å². The zero-order valence-electron chi connectivity index (χ0n) is 12.4. The number of anilines is 1. The van der Waals surface area contributed by atoms with Crippen LogP contribution in [0, 0.1) is 13.8 Å². The first-order valence-electron chi connectivity index (χ1n) is 6.51. The fourth-order valence-electron chi connectivity index (χ4n) is 1.80. The van der Waals surface area contributed by atoms with E-state index in [0.717, 1.165) is 11.3 Å². The zero-order valence-corrected chi connectivity index (χ0v) is 14.0. The van der Waals surface area contributed by atoms with Gasteiger partial charge in [-0.2, -0.15) is 0 Å². The molecule has 1 heterocycles. The molecule has 112 valence electrons. The third-order valence-electron chi connectivity index (χ3n) is 2.96. The Morgan fingerprint density at radius 1 is 1.43 bits per heavy atom. The van der Waals surface area contributed by atoms with Gasteiger partial charge in [-0.25, -0.2) is 4.98 Å². The van der Waals surface area contributed by atoms with Crippen LogP contribution in [-0.4, -0.2) is 24.0 Å². The molecule has 4 nitrogen and oxygen atoms in total. The standard InChI is InChI=1S/C15H17ClN2O2S/c1-9-5-6-12(16)13(7-9)20-11(3)14(19)18(4)15-17-10(2)8-21-15/h5-8,11H,1-4H3/t11-/m0/s1. The monoisotopic (exact) mass is 324 g/mol. The number of likely N-dealkylation sites (N-methyl/N-ethyl adjacent to an activating group) is 1. The van der Waals surface area contributed by atoms with E-state index in [2.05, 4.69) is 4.98 Å². The largest absolute Gasteiger partial charge is 0.479 e. The summed E-state index contributed by atoms with van der Waals surface area (Å²) < 4.78 is 5.69. The summed E-state index contributed by atoms with van der Waals surface area (Å²) in [5.74, 6) is 0.350. The van der Waals surface area contributed by atoms with E-state index in [1.807, 2.05) is 31.4 Å². The Labute approximate surface area is 133 Å². The molecule has 1 amide bonds. The van der Waals surface area contributed by atoms with Crippen LogP contribution in [0.1, 0.15) is 18.2 Å². The minimum atomic E-state index is -0.640. The summed E-state index contributed by atoms with van der Waals surface area (Å²) in [6.45, 7) is 5.54. The lowest BCUT2D eigenvalue weighted by Crippen LogP contribution is -2.38. The number of benzene rings is 1. The van der Waals surface area contributed by atoms with E-state index in [1.54, 1.807) is 20.0 Å². The third-order valence-corrected chi connectivity index (χ3v) is 4.31. The van der Waals surface area contributed by atoms with Gasteiger partial charge in [0.2, 0.25) is 0 Å². The summed E-state index contributed by atoms with van der Waals surface area (Å²) in [5.41, 5.74) is 1.92. The Hall–Kier alpha value is -1.59. The van der Waals surface area contributed by atoms with Crippen molar-refractivity contribution < 1.29 is 9.53 Å². The summed E-state index contributed by atoms with van der Waals surface area (Å²) in [5, 5.41) is 3.05. The SMILES string of the molecule is Cc1ccc(Cl)c(O[C@@H](C)C(=O)N(C)c2nc(C)cs2)c1. The van der Waals surface area contributed by atoms with Crippen molar-refractivity contribution in [2.45, 2.75) is 26.9 Å². The molecule has 0 aliphatic carbocycles. The van der Waals surface area contributed by atoms with Gasteiger partial charge in [0.05, 0.1) is 10.7 Å². The van der Waals surface area contributed by atoms with Crippen LogP contribution in [-0.2, 0) is 4.79 Å². The average Bonchev–Trinajstić information content (AvgIpc) is 2.87. The summed E-state index contributed by atoms with van der Waals surface area (Å²) >= 11 is 7.51. The quantitative estimate of drug-likeness (QED) is 0.858. The van der Waals surface area contributed by atoms with Crippen molar-refractivity contribution in [3.05, 3.63) is 39.9 Å². The zero-order chi connectivity index (χ0) is 15.6. The number of aromatic nitrogens is 1. The summed E-state index contributed by atoms with van der Waals surface area (Å²) in [4.78, 5) is 18.2. The molecule has 1 aromatic heterocycles. The van der Waals surface area contributed by atoms with Gasteiger partial charge in [0.25, 0.3) is 5.91 Å². The fourth-order valence-corrected chi connectivity index (χ4v) is 2.74. The molecule has 21 heavy (non-hydrogen) atoms.